The molecule has 0 spiro atoms. The van der Waals surface area contributed by atoms with Crippen LogP contribution in [0.3, 0.4) is 0 Å². The summed E-state index contributed by atoms with van der Waals surface area (Å²) in [4.78, 5) is 22.7. The van der Waals surface area contributed by atoms with Crippen LogP contribution in [-0.2, 0) is 4.79 Å². The van der Waals surface area contributed by atoms with E-state index in [0.717, 1.165) is 0 Å². The van der Waals surface area contributed by atoms with Crippen molar-refractivity contribution in [2.24, 2.45) is 0 Å². The van der Waals surface area contributed by atoms with Gasteiger partial charge in [-0.2, -0.15) is 0 Å². The van der Waals surface area contributed by atoms with Crippen LogP contribution in [0.25, 0.3) is 0 Å². The van der Waals surface area contributed by atoms with Crippen LogP contribution in [0, 0.1) is 0 Å². The average molecular weight is 207 g/mol. The number of amides is 1. The molecule has 80 valence electrons. The number of ether oxygens (including phenoxy) is 1. The Morgan fingerprint density at radius 1 is 1.27 bits per heavy atom. The predicted molar refractivity (Wildman–Crippen MR) is 56.0 cm³/mol. The Balaban J connectivity index is 2.78. The van der Waals surface area contributed by atoms with Gasteiger partial charge >= 0.3 is 0 Å². The molecule has 0 radical (unpaired) electrons. The largest absolute Gasteiger partial charge is 0.497 e. The van der Waals surface area contributed by atoms with Crippen molar-refractivity contribution in [3.63, 3.8) is 0 Å². The quantitative estimate of drug-likeness (QED) is 0.592. The maximum absolute atomic E-state index is 11.5. The number of likely N-dealkylation sites (N-methyl/N-ethyl adjacent to an activating group) is 1. The summed E-state index contributed by atoms with van der Waals surface area (Å²) < 4.78 is 4.95. The first kappa shape index (κ1) is 11.2. The fourth-order valence-electron chi connectivity index (χ4n) is 1.11. The lowest BCUT2D eigenvalue weighted by atomic mass is 10.1. The van der Waals surface area contributed by atoms with Crippen molar-refractivity contribution in [2.75, 3.05) is 13.7 Å². The number of Topliss-reactive ketones (excluding diaryl/α,β-unsaturated/α-hetero) is 1. The molecular weight excluding hydrogens is 194 g/mol. The lowest BCUT2D eigenvalue weighted by Gasteiger charge is -2.02. The Labute approximate surface area is 88.2 Å². The molecule has 0 atom stereocenters. The first-order valence-electron chi connectivity index (χ1n) is 4.65. The number of ketones is 1. The number of methoxy groups -OCH3 is 1. The Morgan fingerprint density at radius 3 is 2.33 bits per heavy atom. The maximum Gasteiger partial charge on any atom is 0.292 e. The second kappa shape index (κ2) is 5.14. The summed E-state index contributed by atoms with van der Waals surface area (Å²) in [5.41, 5.74) is 0.363. The standard InChI is InChI=1S/C11H13NO3/c1-3-12-11(14)10(13)8-4-6-9(15-2)7-5-8/h4-7H,3H2,1-2H3,(H,12,14). The Hall–Kier alpha value is -1.84. The molecule has 0 heterocycles. The van der Waals surface area contributed by atoms with Crippen LogP contribution in [0.2, 0.25) is 0 Å². The smallest absolute Gasteiger partial charge is 0.292 e. The normalized spacial score (nSPS) is 9.47. The van der Waals surface area contributed by atoms with E-state index in [1.165, 1.54) is 0 Å². The first-order valence-corrected chi connectivity index (χ1v) is 4.65. The van der Waals surface area contributed by atoms with Crippen LogP contribution in [0.15, 0.2) is 24.3 Å². The van der Waals surface area contributed by atoms with Gasteiger partial charge in [-0.05, 0) is 31.2 Å². The zero-order valence-corrected chi connectivity index (χ0v) is 8.74. The molecule has 4 nitrogen and oxygen atoms in total. The van der Waals surface area contributed by atoms with Crippen LogP contribution in [-0.4, -0.2) is 25.3 Å². The summed E-state index contributed by atoms with van der Waals surface area (Å²) in [6, 6.07) is 6.42. The number of hydrogen-bond acceptors (Lipinski definition) is 3. The summed E-state index contributed by atoms with van der Waals surface area (Å²) >= 11 is 0. The van der Waals surface area contributed by atoms with Crippen molar-refractivity contribution in [2.45, 2.75) is 6.92 Å². The number of benzene rings is 1. The lowest BCUT2D eigenvalue weighted by Crippen LogP contribution is -2.30. The number of nitrogens with one attached hydrogen (secondary N) is 1. The fraction of sp³-hybridized carbons (Fsp3) is 0.273. The third-order valence-corrected chi connectivity index (χ3v) is 1.90. The molecule has 1 rings (SSSR count). The van der Waals surface area contributed by atoms with Gasteiger partial charge in [0, 0.05) is 12.1 Å². The van der Waals surface area contributed by atoms with Crippen molar-refractivity contribution in [1.29, 1.82) is 0 Å². The van der Waals surface area contributed by atoms with Gasteiger partial charge in [0.15, 0.2) is 0 Å². The van der Waals surface area contributed by atoms with Gasteiger partial charge in [0.1, 0.15) is 5.75 Å². The van der Waals surface area contributed by atoms with Crippen molar-refractivity contribution in [3.8, 4) is 5.75 Å². The Bertz CT molecular complexity index is 357. The highest BCUT2D eigenvalue weighted by Gasteiger charge is 2.14. The number of carbonyl (C=O) groups excluding carboxylic acids is 2. The molecule has 1 N–H and O–H groups in total. The number of carbonyl (C=O) groups is 2. The Kier molecular flexibility index (Phi) is 3.85. The zero-order valence-electron chi connectivity index (χ0n) is 8.74. The van der Waals surface area contributed by atoms with Crippen LogP contribution >= 0.6 is 0 Å². The number of rotatable bonds is 4. The first-order chi connectivity index (χ1) is 7.19. The van der Waals surface area contributed by atoms with E-state index in [2.05, 4.69) is 5.32 Å². The molecule has 15 heavy (non-hydrogen) atoms. The molecule has 0 aromatic heterocycles. The molecule has 1 amide bonds. The lowest BCUT2D eigenvalue weighted by molar-refractivity contribution is -0.116. The van der Waals surface area contributed by atoms with E-state index >= 15 is 0 Å². The van der Waals surface area contributed by atoms with Gasteiger partial charge in [-0.15, -0.1) is 0 Å². The molecular formula is C11H13NO3. The van der Waals surface area contributed by atoms with Crippen molar-refractivity contribution >= 4 is 11.7 Å². The molecule has 1 aromatic rings. The molecule has 0 aliphatic carbocycles. The van der Waals surface area contributed by atoms with E-state index in [9.17, 15) is 9.59 Å². The predicted octanol–water partition coefficient (Wildman–Crippen LogP) is 1.01. The molecule has 0 aliphatic heterocycles. The molecule has 1 aromatic carbocycles. The second-order valence-electron chi connectivity index (χ2n) is 2.92. The van der Waals surface area contributed by atoms with Crippen LogP contribution in [0.1, 0.15) is 17.3 Å². The van der Waals surface area contributed by atoms with Crippen molar-refractivity contribution in [1.82, 2.24) is 5.32 Å². The molecule has 0 unspecified atom stereocenters. The minimum Gasteiger partial charge on any atom is -0.497 e. The molecule has 0 saturated heterocycles. The molecule has 0 aliphatic rings. The van der Waals surface area contributed by atoms with E-state index in [4.69, 9.17) is 4.74 Å². The van der Waals surface area contributed by atoms with Gasteiger partial charge in [-0.1, -0.05) is 0 Å². The molecule has 0 saturated carbocycles. The average Bonchev–Trinajstić information content (AvgIpc) is 2.28. The van der Waals surface area contributed by atoms with E-state index < -0.39 is 11.7 Å². The summed E-state index contributed by atoms with van der Waals surface area (Å²) in [6.07, 6.45) is 0. The summed E-state index contributed by atoms with van der Waals surface area (Å²) in [5.74, 6) is -0.454. The van der Waals surface area contributed by atoms with Gasteiger partial charge in [0.25, 0.3) is 5.91 Å². The Morgan fingerprint density at radius 2 is 1.87 bits per heavy atom. The van der Waals surface area contributed by atoms with E-state index in [-0.39, 0.29) is 0 Å². The minimum atomic E-state index is -0.581. The van der Waals surface area contributed by atoms with Crippen LogP contribution < -0.4 is 10.1 Å². The summed E-state index contributed by atoms with van der Waals surface area (Å²) in [5, 5.41) is 2.45. The highest BCUT2D eigenvalue weighted by molar-refractivity contribution is 6.42. The van der Waals surface area contributed by atoms with Gasteiger partial charge in [0.2, 0.25) is 5.78 Å². The van der Waals surface area contributed by atoms with Crippen LogP contribution in [0.4, 0.5) is 0 Å². The highest BCUT2D eigenvalue weighted by Crippen LogP contribution is 2.11. The fourth-order valence-corrected chi connectivity index (χ4v) is 1.11. The zero-order chi connectivity index (χ0) is 11.3. The highest BCUT2D eigenvalue weighted by atomic mass is 16.5. The number of hydrogen-bond donors (Lipinski definition) is 1. The van der Waals surface area contributed by atoms with E-state index in [1.807, 2.05) is 0 Å². The van der Waals surface area contributed by atoms with Crippen molar-refractivity contribution < 1.29 is 14.3 Å². The van der Waals surface area contributed by atoms with Gasteiger partial charge in [-0.25, -0.2) is 0 Å². The third-order valence-electron chi connectivity index (χ3n) is 1.90. The maximum atomic E-state index is 11.5. The van der Waals surface area contributed by atoms with Gasteiger partial charge in [-0.3, -0.25) is 9.59 Å². The minimum absolute atomic E-state index is 0.363. The third kappa shape index (κ3) is 2.80. The van der Waals surface area contributed by atoms with Gasteiger partial charge < -0.3 is 10.1 Å². The monoisotopic (exact) mass is 207 g/mol. The van der Waals surface area contributed by atoms with E-state index in [1.54, 1.807) is 38.3 Å². The molecule has 4 heteroatoms. The van der Waals surface area contributed by atoms with Crippen molar-refractivity contribution in [3.05, 3.63) is 29.8 Å². The summed E-state index contributed by atoms with van der Waals surface area (Å²) in [6.45, 7) is 2.21. The van der Waals surface area contributed by atoms with E-state index in [0.29, 0.717) is 17.9 Å². The van der Waals surface area contributed by atoms with Crippen LogP contribution in [0.5, 0.6) is 5.75 Å². The SMILES string of the molecule is CCNC(=O)C(=O)c1ccc(OC)cc1. The topological polar surface area (TPSA) is 55.4 Å². The summed E-state index contributed by atoms with van der Waals surface area (Å²) in [7, 11) is 1.54. The van der Waals surface area contributed by atoms with Gasteiger partial charge in [0.05, 0.1) is 7.11 Å². The second-order valence-corrected chi connectivity index (χ2v) is 2.92. The molecule has 0 bridgehead atoms. The molecule has 0 fully saturated rings.